The van der Waals surface area contributed by atoms with Crippen LogP contribution in [0.3, 0.4) is 0 Å². The van der Waals surface area contributed by atoms with Crippen molar-refractivity contribution in [2.24, 2.45) is 0 Å². The molecule has 3 nitrogen and oxygen atoms in total. The topological polar surface area (TPSA) is 29.5 Å². The SMILES string of the molecule is COC(=O)C1=CC(c2ccccc2Br)N(C)CC1. The van der Waals surface area contributed by atoms with E-state index in [2.05, 4.69) is 33.9 Å². The molecule has 4 heteroatoms. The summed E-state index contributed by atoms with van der Waals surface area (Å²) in [5.74, 6) is -0.222. The van der Waals surface area contributed by atoms with Crippen molar-refractivity contribution in [2.45, 2.75) is 12.5 Å². The second-order valence-corrected chi connectivity index (χ2v) is 5.23. The number of rotatable bonds is 2. The molecule has 0 saturated carbocycles. The Morgan fingerprint density at radius 3 is 2.83 bits per heavy atom. The van der Waals surface area contributed by atoms with Crippen molar-refractivity contribution in [1.82, 2.24) is 4.90 Å². The summed E-state index contributed by atoms with van der Waals surface area (Å²) in [5, 5.41) is 0. The molecule has 0 fully saturated rings. The average Bonchev–Trinajstić information content (AvgIpc) is 2.39. The Labute approximate surface area is 116 Å². The number of nitrogens with zero attached hydrogens (tertiary/aromatic N) is 1. The van der Waals surface area contributed by atoms with E-state index in [1.54, 1.807) is 0 Å². The van der Waals surface area contributed by atoms with Crippen LogP contribution in [0.1, 0.15) is 18.0 Å². The molecule has 1 aromatic rings. The average molecular weight is 310 g/mol. The molecule has 1 unspecified atom stereocenters. The van der Waals surface area contributed by atoms with E-state index in [1.807, 2.05) is 24.3 Å². The Morgan fingerprint density at radius 2 is 2.17 bits per heavy atom. The zero-order valence-electron chi connectivity index (χ0n) is 10.5. The molecule has 0 amide bonds. The first-order chi connectivity index (χ1) is 8.63. The summed E-state index contributed by atoms with van der Waals surface area (Å²) in [6.45, 7) is 0.854. The van der Waals surface area contributed by atoms with E-state index < -0.39 is 0 Å². The number of ether oxygens (including phenoxy) is 1. The number of esters is 1. The van der Waals surface area contributed by atoms with Crippen LogP contribution in [0, 0.1) is 0 Å². The Bertz CT molecular complexity index is 484. The van der Waals surface area contributed by atoms with Crippen LogP contribution in [0.5, 0.6) is 0 Å². The van der Waals surface area contributed by atoms with Crippen LogP contribution in [-0.2, 0) is 9.53 Å². The minimum atomic E-state index is -0.222. The molecule has 0 bridgehead atoms. The van der Waals surface area contributed by atoms with Crippen LogP contribution in [0.2, 0.25) is 0 Å². The maximum Gasteiger partial charge on any atom is 0.333 e. The number of benzene rings is 1. The van der Waals surface area contributed by atoms with Crippen LogP contribution in [0.4, 0.5) is 0 Å². The van der Waals surface area contributed by atoms with Crippen molar-refractivity contribution < 1.29 is 9.53 Å². The summed E-state index contributed by atoms with van der Waals surface area (Å²) in [5.41, 5.74) is 1.93. The monoisotopic (exact) mass is 309 g/mol. The summed E-state index contributed by atoms with van der Waals surface area (Å²) in [6, 6.07) is 8.20. The molecule has 1 atom stereocenters. The standard InChI is InChI=1S/C14H16BrNO2/c1-16-8-7-10(14(17)18-2)9-13(16)11-5-3-4-6-12(11)15/h3-6,9,13H,7-8H2,1-2H3. The van der Waals surface area contributed by atoms with Crippen molar-refractivity contribution in [3.63, 3.8) is 0 Å². The van der Waals surface area contributed by atoms with E-state index in [9.17, 15) is 4.79 Å². The van der Waals surface area contributed by atoms with Crippen molar-refractivity contribution in [3.05, 3.63) is 46.0 Å². The summed E-state index contributed by atoms with van der Waals surface area (Å²) in [7, 11) is 3.49. The van der Waals surface area contributed by atoms with Gasteiger partial charge in [-0.25, -0.2) is 4.79 Å². The maximum atomic E-state index is 11.6. The number of hydrogen-bond acceptors (Lipinski definition) is 3. The maximum absolute atomic E-state index is 11.6. The van der Waals surface area contributed by atoms with E-state index in [0.29, 0.717) is 0 Å². The molecule has 1 aliphatic heterocycles. The molecule has 0 saturated heterocycles. The van der Waals surface area contributed by atoms with Crippen LogP contribution in [0.15, 0.2) is 40.4 Å². The number of hydrogen-bond donors (Lipinski definition) is 0. The molecule has 0 spiro atoms. The highest BCUT2D eigenvalue weighted by molar-refractivity contribution is 9.10. The zero-order chi connectivity index (χ0) is 13.1. The first-order valence-corrected chi connectivity index (χ1v) is 6.66. The van der Waals surface area contributed by atoms with Gasteiger partial charge in [-0.2, -0.15) is 0 Å². The molecule has 0 aromatic heterocycles. The lowest BCUT2D eigenvalue weighted by molar-refractivity contribution is -0.136. The van der Waals surface area contributed by atoms with Gasteiger partial charge in [0.15, 0.2) is 0 Å². The van der Waals surface area contributed by atoms with Gasteiger partial charge in [-0.15, -0.1) is 0 Å². The van der Waals surface area contributed by atoms with E-state index in [4.69, 9.17) is 4.74 Å². The Kier molecular flexibility index (Phi) is 4.19. The summed E-state index contributed by atoms with van der Waals surface area (Å²) >= 11 is 3.56. The van der Waals surface area contributed by atoms with Gasteiger partial charge < -0.3 is 4.74 Å². The van der Waals surface area contributed by atoms with Gasteiger partial charge in [-0.05, 0) is 25.1 Å². The zero-order valence-corrected chi connectivity index (χ0v) is 12.1. The third-order valence-electron chi connectivity index (χ3n) is 3.24. The largest absolute Gasteiger partial charge is 0.466 e. The van der Waals surface area contributed by atoms with Gasteiger partial charge in [0.1, 0.15) is 0 Å². The van der Waals surface area contributed by atoms with E-state index in [0.717, 1.165) is 23.0 Å². The van der Waals surface area contributed by atoms with Crippen molar-refractivity contribution in [3.8, 4) is 0 Å². The summed E-state index contributed by atoms with van der Waals surface area (Å²) in [4.78, 5) is 13.8. The molecule has 1 aromatic carbocycles. The highest BCUT2D eigenvalue weighted by Gasteiger charge is 2.25. The van der Waals surface area contributed by atoms with Crippen molar-refractivity contribution in [2.75, 3.05) is 20.7 Å². The molecular weight excluding hydrogens is 294 g/mol. The molecule has 0 radical (unpaired) electrons. The molecule has 18 heavy (non-hydrogen) atoms. The molecule has 2 rings (SSSR count). The van der Waals surface area contributed by atoms with E-state index >= 15 is 0 Å². The summed E-state index contributed by atoms with van der Waals surface area (Å²) in [6.07, 6.45) is 2.74. The number of likely N-dealkylation sites (N-methyl/N-ethyl adjacent to an activating group) is 1. The number of halogens is 1. The highest BCUT2D eigenvalue weighted by Crippen LogP contribution is 2.32. The molecule has 1 heterocycles. The summed E-state index contributed by atoms with van der Waals surface area (Å²) < 4.78 is 5.86. The molecular formula is C14H16BrNO2. The van der Waals surface area contributed by atoms with E-state index in [-0.39, 0.29) is 12.0 Å². The molecule has 96 valence electrons. The quantitative estimate of drug-likeness (QED) is 0.787. The van der Waals surface area contributed by atoms with Crippen LogP contribution in [0.25, 0.3) is 0 Å². The fraction of sp³-hybridized carbons (Fsp3) is 0.357. The molecule has 0 aliphatic carbocycles. The third kappa shape index (κ3) is 2.65. The second-order valence-electron chi connectivity index (χ2n) is 4.38. The van der Waals surface area contributed by atoms with Crippen LogP contribution >= 0.6 is 15.9 Å². The van der Waals surface area contributed by atoms with Crippen LogP contribution < -0.4 is 0 Å². The number of carbonyl (C=O) groups is 1. The van der Waals surface area contributed by atoms with Crippen molar-refractivity contribution >= 4 is 21.9 Å². The minimum absolute atomic E-state index is 0.114. The Hall–Kier alpha value is -1.13. The molecule has 0 N–H and O–H groups in total. The lowest BCUT2D eigenvalue weighted by Crippen LogP contribution is -2.30. The highest BCUT2D eigenvalue weighted by atomic mass is 79.9. The van der Waals surface area contributed by atoms with E-state index in [1.165, 1.54) is 12.7 Å². The normalized spacial score (nSPS) is 20.4. The number of carbonyl (C=O) groups excluding carboxylic acids is 1. The van der Waals surface area contributed by atoms with Gasteiger partial charge in [-0.1, -0.05) is 40.2 Å². The predicted octanol–water partition coefficient (Wildman–Crippen LogP) is 2.93. The van der Waals surface area contributed by atoms with Gasteiger partial charge in [-0.3, -0.25) is 4.90 Å². The fourth-order valence-corrected chi connectivity index (χ4v) is 2.70. The predicted molar refractivity (Wildman–Crippen MR) is 74.2 cm³/mol. The van der Waals surface area contributed by atoms with Crippen LogP contribution in [-0.4, -0.2) is 31.6 Å². The minimum Gasteiger partial charge on any atom is -0.466 e. The Morgan fingerprint density at radius 1 is 1.44 bits per heavy atom. The molecule has 1 aliphatic rings. The van der Waals surface area contributed by atoms with Gasteiger partial charge in [0.25, 0.3) is 0 Å². The van der Waals surface area contributed by atoms with Gasteiger partial charge in [0.2, 0.25) is 0 Å². The van der Waals surface area contributed by atoms with Crippen molar-refractivity contribution in [1.29, 1.82) is 0 Å². The van der Waals surface area contributed by atoms with Gasteiger partial charge in [0.05, 0.1) is 13.2 Å². The second kappa shape index (κ2) is 5.67. The first kappa shape index (κ1) is 13.3. The lowest BCUT2D eigenvalue weighted by Gasteiger charge is -2.31. The van der Waals surface area contributed by atoms with Gasteiger partial charge >= 0.3 is 5.97 Å². The van der Waals surface area contributed by atoms with Gasteiger partial charge in [0, 0.05) is 16.6 Å². The lowest BCUT2D eigenvalue weighted by atomic mass is 9.97. The third-order valence-corrected chi connectivity index (χ3v) is 3.96. The Balaban J connectivity index is 2.36. The fourth-order valence-electron chi connectivity index (χ4n) is 2.18. The first-order valence-electron chi connectivity index (χ1n) is 5.87. The number of methoxy groups -OCH3 is 1. The smallest absolute Gasteiger partial charge is 0.333 e.